The summed E-state index contributed by atoms with van der Waals surface area (Å²) in [7, 11) is 0. The highest BCUT2D eigenvalue weighted by Gasteiger charge is 2.05. The predicted octanol–water partition coefficient (Wildman–Crippen LogP) is 4.75. The van der Waals surface area contributed by atoms with Gasteiger partial charge in [-0.05, 0) is 42.0 Å². The standard InChI is InChI=1S/C20H19Cl3N4O/c21-8-11-26(12-9-22)17-4-1-15(2-5-17)14-24-25-19-7-10-27(28)20-13-16(23)3-6-18(19)20/h1-7,10,13-14,28H,8-9,11-12H2. The van der Waals surface area contributed by atoms with Crippen molar-refractivity contribution < 1.29 is 5.21 Å². The van der Waals surface area contributed by atoms with Gasteiger partial charge in [0.2, 0.25) is 0 Å². The van der Waals surface area contributed by atoms with E-state index in [1.807, 2.05) is 24.3 Å². The van der Waals surface area contributed by atoms with Crippen molar-refractivity contribution in [3.05, 3.63) is 70.7 Å². The van der Waals surface area contributed by atoms with E-state index in [-0.39, 0.29) is 0 Å². The van der Waals surface area contributed by atoms with Crippen LogP contribution in [0.4, 0.5) is 5.69 Å². The smallest absolute Gasteiger partial charge is 0.0967 e. The number of aromatic nitrogens is 1. The Morgan fingerprint density at radius 3 is 2.39 bits per heavy atom. The van der Waals surface area contributed by atoms with Crippen molar-refractivity contribution in [3.8, 4) is 0 Å². The van der Waals surface area contributed by atoms with Gasteiger partial charge < -0.3 is 10.1 Å². The zero-order valence-electron chi connectivity index (χ0n) is 15.0. The Bertz CT molecular complexity index is 1030. The largest absolute Gasteiger partial charge is 0.428 e. The molecular formula is C20H19Cl3N4O. The topological polar surface area (TPSA) is 53.1 Å². The molecule has 1 N–H and O–H groups in total. The fraction of sp³-hybridized carbons (Fsp3) is 0.200. The van der Waals surface area contributed by atoms with E-state index < -0.39 is 0 Å². The van der Waals surface area contributed by atoms with Gasteiger partial charge in [0.05, 0.1) is 17.1 Å². The summed E-state index contributed by atoms with van der Waals surface area (Å²) in [5, 5.41) is 20.3. The van der Waals surface area contributed by atoms with Crippen LogP contribution in [0.25, 0.3) is 10.9 Å². The molecule has 3 rings (SSSR count). The molecule has 0 radical (unpaired) electrons. The van der Waals surface area contributed by atoms with E-state index in [2.05, 4.69) is 15.1 Å². The SMILES string of the molecule is On1ccc(=NN=Cc2ccc(N(CCCl)CCCl)cc2)c2ccc(Cl)cc21. The van der Waals surface area contributed by atoms with Crippen molar-refractivity contribution >= 4 is 57.6 Å². The highest BCUT2D eigenvalue weighted by molar-refractivity contribution is 6.31. The number of alkyl halides is 2. The summed E-state index contributed by atoms with van der Waals surface area (Å²) in [5.74, 6) is 1.09. The molecule has 0 amide bonds. The maximum Gasteiger partial charge on any atom is 0.0967 e. The fourth-order valence-corrected chi connectivity index (χ4v) is 3.39. The number of pyridine rings is 1. The molecule has 0 fully saturated rings. The first-order chi connectivity index (χ1) is 13.6. The van der Waals surface area contributed by atoms with E-state index in [1.165, 1.54) is 6.20 Å². The molecule has 0 saturated heterocycles. The number of halogens is 3. The predicted molar refractivity (Wildman–Crippen MR) is 117 cm³/mol. The summed E-state index contributed by atoms with van der Waals surface area (Å²) in [5.41, 5.74) is 2.55. The Kier molecular flexibility index (Phi) is 7.20. The molecule has 0 aliphatic rings. The van der Waals surface area contributed by atoms with Crippen LogP contribution in [0.5, 0.6) is 0 Å². The summed E-state index contributed by atoms with van der Waals surface area (Å²) in [6.07, 6.45) is 3.18. The van der Waals surface area contributed by atoms with E-state index in [0.717, 1.165) is 34.5 Å². The number of rotatable bonds is 7. The van der Waals surface area contributed by atoms with Gasteiger partial charge >= 0.3 is 0 Å². The Morgan fingerprint density at radius 2 is 1.71 bits per heavy atom. The first-order valence-corrected chi connectivity index (χ1v) is 10.1. The molecule has 0 bridgehead atoms. The monoisotopic (exact) mass is 436 g/mol. The van der Waals surface area contributed by atoms with E-state index in [9.17, 15) is 5.21 Å². The first-order valence-electron chi connectivity index (χ1n) is 8.66. The number of hydrogen-bond acceptors (Lipinski definition) is 4. The minimum atomic E-state index is 0.536. The molecule has 0 unspecified atom stereocenters. The third-order valence-corrected chi connectivity index (χ3v) is 4.77. The van der Waals surface area contributed by atoms with Crippen LogP contribution < -0.4 is 10.3 Å². The number of benzene rings is 2. The summed E-state index contributed by atoms with van der Waals surface area (Å²) >= 11 is 17.7. The zero-order chi connectivity index (χ0) is 19.9. The van der Waals surface area contributed by atoms with Crippen LogP contribution in [-0.4, -0.2) is 41.0 Å². The Labute approximate surface area is 178 Å². The Hall–Kier alpha value is -2.21. The van der Waals surface area contributed by atoms with Crippen molar-refractivity contribution in [2.24, 2.45) is 10.2 Å². The summed E-state index contributed by atoms with van der Waals surface area (Å²) in [6, 6.07) is 14.9. The minimum absolute atomic E-state index is 0.536. The maximum absolute atomic E-state index is 9.93. The second kappa shape index (κ2) is 9.82. The van der Waals surface area contributed by atoms with Crippen molar-refractivity contribution in [2.75, 3.05) is 29.7 Å². The lowest BCUT2D eigenvalue weighted by atomic mass is 10.2. The molecular weight excluding hydrogens is 419 g/mol. The second-order valence-corrected chi connectivity index (χ2v) is 7.20. The molecule has 1 aromatic heterocycles. The van der Waals surface area contributed by atoms with Crippen LogP contribution in [0.3, 0.4) is 0 Å². The average molecular weight is 438 g/mol. The molecule has 1 heterocycles. The van der Waals surface area contributed by atoms with Gasteiger partial charge in [-0.3, -0.25) is 0 Å². The highest BCUT2D eigenvalue weighted by Crippen LogP contribution is 2.16. The molecule has 0 aliphatic heterocycles. The van der Waals surface area contributed by atoms with Crippen LogP contribution in [0.1, 0.15) is 5.56 Å². The zero-order valence-corrected chi connectivity index (χ0v) is 17.2. The van der Waals surface area contributed by atoms with Gasteiger partial charge in [-0.25, -0.2) is 0 Å². The number of anilines is 1. The molecule has 5 nitrogen and oxygen atoms in total. The van der Waals surface area contributed by atoms with Gasteiger partial charge in [0.1, 0.15) is 0 Å². The van der Waals surface area contributed by atoms with Crippen LogP contribution >= 0.6 is 34.8 Å². The minimum Gasteiger partial charge on any atom is -0.428 e. The summed E-state index contributed by atoms with van der Waals surface area (Å²) in [6.45, 7) is 1.49. The fourth-order valence-electron chi connectivity index (χ4n) is 2.81. The number of hydrogen-bond donors (Lipinski definition) is 1. The van der Waals surface area contributed by atoms with Crippen LogP contribution in [0.2, 0.25) is 5.02 Å². The number of fused-ring (bicyclic) bond motifs is 1. The molecule has 146 valence electrons. The van der Waals surface area contributed by atoms with E-state index >= 15 is 0 Å². The molecule has 3 aromatic rings. The van der Waals surface area contributed by atoms with E-state index in [4.69, 9.17) is 34.8 Å². The summed E-state index contributed by atoms with van der Waals surface area (Å²) in [4.78, 5) is 2.14. The normalized spacial score (nSPS) is 12.2. The van der Waals surface area contributed by atoms with Crippen molar-refractivity contribution in [1.82, 2.24) is 4.73 Å². The van der Waals surface area contributed by atoms with E-state index in [0.29, 0.717) is 27.7 Å². The quantitative estimate of drug-likeness (QED) is 0.251. The lowest BCUT2D eigenvalue weighted by Crippen LogP contribution is -2.27. The van der Waals surface area contributed by atoms with Crippen molar-refractivity contribution in [2.45, 2.75) is 0 Å². The molecule has 28 heavy (non-hydrogen) atoms. The molecule has 2 aromatic carbocycles. The Morgan fingerprint density at radius 1 is 1.00 bits per heavy atom. The summed E-state index contributed by atoms with van der Waals surface area (Å²) < 4.78 is 1.01. The molecule has 0 atom stereocenters. The van der Waals surface area contributed by atoms with Crippen LogP contribution in [-0.2, 0) is 0 Å². The van der Waals surface area contributed by atoms with Gasteiger partial charge in [0, 0.05) is 47.1 Å². The third kappa shape index (κ3) is 4.98. The molecule has 0 spiro atoms. The van der Waals surface area contributed by atoms with Gasteiger partial charge in [0.15, 0.2) is 0 Å². The van der Waals surface area contributed by atoms with Gasteiger partial charge in [0.25, 0.3) is 0 Å². The number of nitrogens with zero attached hydrogens (tertiary/aromatic N) is 4. The molecule has 0 aliphatic carbocycles. The van der Waals surface area contributed by atoms with Gasteiger partial charge in [-0.2, -0.15) is 14.9 Å². The van der Waals surface area contributed by atoms with Crippen LogP contribution in [0.15, 0.2) is 64.9 Å². The maximum atomic E-state index is 9.93. The lowest BCUT2D eigenvalue weighted by Gasteiger charge is -2.22. The Balaban J connectivity index is 1.83. The van der Waals surface area contributed by atoms with Crippen molar-refractivity contribution in [3.63, 3.8) is 0 Å². The van der Waals surface area contributed by atoms with Gasteiger partial charge in [-0.1, -0.05) is 23.7 Å². The second-order valence-electron chi connectivity index (χ2n) is 6.01. The first kappa shape index (κ1) is 20.5. The third-order valence-electron chi connectivity index (χ3n) is 4.20. The van der Waals surface area contributed by atoms with Crippen molar-refractivity contribution in [1.29, 1.82) is 0 Å². The lowest BCUT2D eigenvalue weighted by molar-refractivity contribution is 0.198. The average Bonchev–Trinajstić information content (AvgIpc) is 2.70. The van der Waals surface area contributed by atoms with E-state index in [1.54, 1.807) is 30.5 Å². The van der Waals surface area contributed by atoms with Crippen LogP contribution in [0, 0.1) is 0 Å². The molecule has 8 heteroatoms. The van der Waals surface area contributed by atoms with Gasteiger partial charge in [-0.15, -0.1) is 23.2 Å². The molecule has 0 saturated carbocycles. The highest BCUT2D eigenvalue weighted by atomic mass is 35.5.